The fourth-order valence-corrected chi connectivity index (χ4v) is 4.08. The van der Waals surface area contributed by atoms with E-state index in [1.807, 2.05) is 0 Å². The van der Waals surface area contributed by atoms with Crippen molar-refractivity contribution in [2.75, 3.05) is 6.61 Å². The Labute approximate surface area is 97.7 Å². The Kier molecular flexibility index (Phi) is 5.16. The first-order valence-corrected chi connectivity index (χ1v) is 9.87. The molecule has 0 unspecified atom stereocenters. The summed E-state index contributed by atoms with van der Waals surface area (Å²) in [4.78, 5) is 10.4. The molecule has 0 bridgehead atoms. The van der Waals surface area contributed by atoms with Crippen molar-refractivity contribution in [3.8, 4) is 0 Å². The van der Waals surface area contributed by atoms with Gasteiger partial charge in [0, 0.05) is 6.92 Å². The molecule has 0 aromatic heterocycles. The third kappa shape index (κ3) is 6.03. The van der Waals surface area contributed by atoms with Gasteiger partial charge in [-0.25, -0.2) is 8.42 Å². The van der Waals surface area contributed by atoms with Crippen molar-refractivity contribution in [3.05, 3.63) is 0 Å². The van der Waals surface area contributed by atoms with Gasteiger partial charge < -0.3 is 4.74 Å². The highest BCUT2D eigenvalue weighted by Gasteiger charge is 2.46. The predicted molar refractivity (Wildman–Crippen MR) is 55.0 cm³/mol. The lowest BCUT2D eigenvalue weighted by Crippen LogP contribution is -2.42. The normalized spacial score (nSPS) is 13.5. The van der Waals surface area contributed by atoms with Gasteiger partial charge in [-0.2, -0.15) is 4.18 Å². The summed E-state index contributed by atoms with van der Waals surface area (Å²) in [7, 11) is -8.05. The number of carbonyl (C=O) groups is 1. The van der Waals surface area contributed by atoms with Crippen LogP contribution >= 0.6 is 0 Å². The van der Waals surface area contributed by atoms with E-state index in [1.165, 1.54) is 13.1 Å². The summed E-state index contributed by atoms with van der Waals surface area (Å²) in [6, 6.07) is -0.162. The molecule has 0 radical (unpaired) electrons. The highest BCUT2D eigenvalue weighted by Crippen LogP contribution is 2.27. The van der Waals surface area contributed by atoms with Crippen LogP contribution in [0.1, 0.15) is 6.92 Å². The summed E-state index contributed by atoms with van der Waals surface area (Å²) < 4.78 is 65.9. The molecule has 0 heterocycles. The first kappa shape index (κ1) is 16.4. The molecule has 0 aliphatic heterocycles. The Morgan fingerprint density at radius 3 is 2.12 bits per heavy atom. The Hall–Kier alpha value is -0.613. The van der Waals surface area contributed by atoms with Crippen LogP contribution in [0.2, 0.25) is 19.1 Å². The summed E-state index contributed by atoms with van der Waals surface area (Å²) in [5.74, 6) is -0.621. The maximum Gasteiger partial charge on any atom is 0.536 e. The van der Waals surface area contributed by atoms with Gasteiger partial charge in [-0.05, 0) is 6.04 Å². The second-order valence-corrected chi connectivity index (χ2v) is 13.7. The highest BCUT2D eigenvalue weighted by atomic mass is 32.4. The molecule has 102 valence electrons. The average Bonchev–Trinajstić information content (AvgIpc) is 1.97. The second kappa shape index (κ2) is 5.36. The number of alkyl halides is 3. The van der Waals surface area contributed by atoms with E-state index in [-0.39, 0.29) is 12.7 Å². The molecule has 17 heavy (non-hydrogen) atoms. The zero-order valence-electron chi connectivity index (χ0n) is 9.50. The quantitative estimate of drug-likeness (QED) is 0.569. The molecule has 0 aliphatic carbocycles. The second-order valence-electron chi connectivity index (χ2n) is 3.83. The van der Waals surface area contributed by atoms with Crippen LogP contribution < -0.4 is 0 Å². The molecular formula is C7H13F3O5SSi. The largest absolute Gasteiger partial charge is 0.536 e. The Balaban J connectivity index is 4.63. The number of carbonyl (C=O) groups excluding carboxylic acids is 1. The minimum atomic E-state index is -5.23. The van der Waals surface area contributed by atoms with Crippen LogP contribution in [0.25, 0.3) is 0 Å². The van der Waals surface area contributed by atoms with Crippen LogP contribution in [0, 0.1) is 0 Å². The van der Waals surface area contributed by atoms with Crippen LogP contribution in [0.5, 0.6) is 0 Å². The fraction of sp³-hybridized carbons (Fsp3) is 0.857. The van der Waals surface area contributed by atoms with E-state index >= 15 is 0 Å². The summed E-state index contributed by atoms with van der Waals surface area (Å²) in [5, 5.41) is 0. The predicted octanol–water partition coefficient (Wildman–Crippen LogP) is 1.62. The summed E-state index contributed by atoms with van der Waals surface area (Å²) in [5.41, 5.74) is 0. The topological polar surface area (TPSA) is 69.7 Å². The van der Waals surface area contributed by atoms with Gasteiger partial charge in [0.05, 0.1) is 6.61 Å². The van der Waals surface area contributed by atoms with Crippen molar-refractivity contribution in [3.63, 3.8) is 0 Å². The van der Waals surface area contributed by atoms with E-state index in [1.54, 1.807) is 0 Å². The van der Waals surface area contributed by atoms with Crippen LogP contribution in [-0.4, -0.2) is 34.6 Å². The minimum absolute atomic E-state index is 0.162. The van der Waals surface area contributed by atoms with Gasteiger partial charge in [0.15, 0.2) is 0 Å². The summed E-state index contributed by atoms with van der Waals surface area (Å²) >= 11 is 0. The lowest BCUT2D eigenvalue weighted by atomic mass is 10.8. The van der Waals surface area contributed by atoms with E-state index in [0.717, 1.165) is 6.92 Å². The maximum absolute atomic E-state index is 11.9. The van der Waals surface area contributed by atoms with Crippen molar-refractivity contribution in [2.45, 2.75) is 32.4 Å². The monoisotopic (exact) mass is 294 g/mol. The van der Waals surface area contributed by atoms with Crippen LogP contribution in [0.15, 0.2) is 0 Å². The van der Waals surface area contributed by atoms with Gasteiger partial charge in [0.25, 0.3) is 0 Å². The standard InChI is InChI=1S/C7H13F3O5SSi/c1-6(11)14-4-5-17(2,3)16(12,13)15-7(8,9)10/h4-5H2,1-3H3. The van der Waals surface area contributed by atoms with Gasteiger partial charge in [-0.15, -0.1) is 13.2 Å². The molecule has 0 aliphatic rings. The number of esters is 1. The van der Waals surface area contributed by atoms with Gasteiger partial charge >= 0.3 is 12.3 Å². The third-order valence-electron chi connectivity index (χ3n) is 1.89. The van der Waals surface area contributed by atoms with E-state index in [9.17, 15) is 26.4 Å². The summed E-state index contributed by atoms with van der Waals surface area (Å²) in [6.45, 7) is 3.26. The molecule has 0 aromatic carbocycles. The summed E-state index contributed by atoms with van der Waals surface area (Å²) in [6.07, 6.45) is -5.23. The SMILES string of the molecule is CC(=O)OCC[Si](C)(C)S(=O)(=O)OC(F)(F)F. The average molecular weight is 294 g/mol. The lowest BCUT2D eigenvalue weighted by molar-refractivity contribution is -0.271. The molecule has 0 saturated carbocycles. The number of halogens is 3. The Bertz CT molecular complexity index is 375. The van der Waals surface area contributed by atoms with Crippen LogP contribution in [0.3, 0.4) is 0 Å². The van der Waals surface area contributed by atoms with Crippen LogP contribution in [0.4, 0.5) is 13.2 Å². The van der Waals surface area contributed by atoms with Gasteiger partial charge in [-0.3, -0.25) is 4.79 Å². The van der Waals surface area contributed by atoms with E-state index in [0.29, 0.717) is 0 Å². The van der Waals surface area contributed by atoms with Crippen molar-refractivity contribution < 1.29 is 35.3 Å². The molecule has 5 nitrogen and oxygen atoms in total. The third-order valence-corrected chi connectivity index (χ3v) is 9.98. The van der Waals surface area contributed by atoms with Gasteiger partial charge in [0.2, 0.25) is 16.8 Å². The number of hydrogen-bond donors (Lipinski definition) is 0. The molecule has 10 heteroatoms. The Morgan fingerprint density at radius 1 is 1.29 bits per heavy atom. The number of ether oxygens (including phenoxy) is 1. The van der Waals surface area contributed by atoms with Crippen molar-refractivity contribution in [1.29, 1.82) is 0 Å². The molecular weight excluding hydrogens is 281 g/mol. The fourth-order valence-electron chi connectivity index (χ4n) is 0.803. The highest BCUT2D eigenvalue weighted by molar-refractivity contribution is 8.18. The zero-order valence-corrected chi connectivity index (χ0v) is 11.3. The smallest absolute Gasteiger partial charge is 0.466 e. The molecule has 0 saturated heterocycles. The van der Waals surface area contributed by atoms with Gasteiger partial charge in [0.1, 0.15) is 0 Å². The number of hydrogen-bond acceptors (Lipinski definition) is 5. The van der Waals surface area contributed by atoms with Gasteiger partial charge in [-0.1, -0.05) is 13.1 Å². The van der Waals surface area contributed by atoms with E-state index in [2.05, 4.69) is 8.92 Å². The van der Waals surface area contributed by atoms with E-state index < -0.39 is 29.1 Å². The number of rotatable bonds is 5. The molecule has 0 rings (SSSR count). The van der Waals surface area contributed by atoms with E-state index in [4.69, 9.17) is 0 Å². The minimum Gasteiger partial charge on any atom is -0.466 e. The molecule has 0 aromatic rings. The van der Waals surface area contributed by atoms with Crippen LogP contribution in [-0.2, 0) is 23.3 Å². The molecule has 0 atom stereocenters. The lowest BCUT2D eigenvalue weighted by Gasteiger charge is -2.21. The Morgan fingerprint density at radius 2 is 1.76 bits per heavy atom. The first-order valence-electron chi connectivity index (χ1n) is 4.53. The molecule has 0 fully saturated rings. The molecule has 0 spiro atoms. The van der Waals surface area contributed by atoms with Crippen molar-refractivity contribution in [1.82, 2.24) is 0 Å². The van der Waals surface area contributed by atoms with Crippen molar-refractivity contribution >= 4 is 22.8 Å². The van der Waals surface area contributed by atoms with Crippen molar-refractivity contribution in [2.24, 2.45) is 0 Å². The molecule has 0 N–H and O–H groups in total. The molecule has 0 amide bonds. The zero-order chi connectivity index (χ0) is 13.9. The maximum atomic E-state index is 11.9. The first-order chi connectivity index (χ1) is 7.37.